The highest BCUT2D eigenvalue weighted by molar-refractivity contribution is 5.90. The van der Waals surface area contributed by atoms with Crippen LogP contribution in [0.25, 0.3) is 11.0 Å². The number of anilines is 1. The summed E-state index contributed by atoms with van der Waals surface area (Å²) in [5.74, 6) is 1.74. The number of carbonyl (C=O) groups excluding carboxylic acids is 1. The lowest BCUT2D eigenvalue weighted by Crippen LogP contribution is -2.35. The molecule has 28 heavy (non-hydrogen) atoms. The summed E-state index contributed by atoms with van der Waals surface area (Å²) >= 11 is 0. The molecular formula is C22H26N4O2. The first kappa shape index (κ1) is 18.3. The third kappa shape index (κ3) is 3.30. The molecule has 1 aromatic heterocycles. The van der Waals surface area contributed by atoms with Crippen molar-refractivity contribution in [2.24, 2.45) is 0 Å². The van der Waals surface area contributed by atoms with Crippen molar-refractivity contribution in [3.8, 4) is 5.75 Å². The van der Waals surface area contributed by atoms with E-state index in [-0.39, 0.29) is 18.1 Å². The number of benzene rings is 2. The second-order valence-electron chi connectivity index (χ2n) is 7.43. The zero-order valence-electron chi connectivity index (χ0n) is 16.6. The van der Waals surface area contributed by atoms with Crippen LogP contribution in [0, 0.1) is 0 Å². The van der Waals surface area contributed by atoms with E-state index in [4.69, 9.17) is 9.72 Å². The van der Waals surface area contributed by atoms with E-state index >= 15 is 0 Å². The van der Waals surface area contributed by atoms with Crippen LogP contribution in [-0.4, -0.2) is 34.1 Å². The van der Waals surface area contributed by atoms with Crippen LogP contribution in [0.5, 0.6) is 5.75 Å². The van der Waals surface area contributed by atoms with Crippen LogP contribution in [0.1, 0.15) is 44.6 Å². The fraction of sp³-hybridized carbons (Fsp3) is 0.364. The average molecular weight is 378 g/mol. The molecular weight excluding hydrogens is 352 g/mol. The number of nitrogens with zero attached hydrogens (tertiary/aromatic N) is 3. The molecule has 4 rings (SSSR count). The highest BCUT2D eigenvalue weighted by Crippen LogP contribution is 2.35. The molecule has 146 valence electrons. The predicted molar refractivity (Wildman–Crippen MR) is 111 cm³/mol. The van der Waals surface area contributed by atoms with Crippen molar-refractivity contribution < 1.29 is 9.53 Å². The summed E-state index contributed by atoms with van der Waals surface area (Å²) in [5, 5.41) is 3.01. The molecule has 2 amide bonds. The van der Waals surface area contributed by atoms with Crippen LogP contribution in [-0.2, 0) is 0 Å². The van der Waals surface area contributed by atoms with Crippen molar-refractivity contribution in [1.29, 1.82) is 0 Å². The molecule has 6 nitrogen and oxygen atoms in total. The lowest BCUT2D eigenvalue weighted by Gasteiger charge is -2.26. The molecule has 2 aromatic carbocycles. The van der Waals surface area contributed by atoms with E-state index in [1.54, 1.807) is 7.11 Å². The molecule has 0 unspecified atom stereocenters. The minimum Gasteiger partial charge on any atom is -0.497 e. The van der Waals surface area contributed by atoms with Gasteiger partial charge < -0.3 is 19.5 Å². The van der Waals surface area contributed by atoms with Gasteiger partial charge in [-0.15, -0.1) is 0 Å². The third-order valence-corrected chi connectivity index (χ3v) is 5.29. The van der Waals surface area contributed by atoms with Gasteiger partial charge in [-0.3, -0.25) is 0 Å². The van der Waals surface area contributed by atoms with Gasteiger partial charge in [-0.2, -0.15) is 0 Å². The lowest BCUT2D eigenvalue weighted by atomic mass is 10.2. The normalized spacial score (nSPS) is 16.7. The number of methoxy groups -OCH3 is 1. The molecule has 1 saturated heterocycles. The SMILES string of the molecule is COc1ccc(NC(=O)N2CCC[C@H]2c2nc3ccccc3n2C(C)C)cc1. The van der Waals surface area contributed by atoms with Crippen LogP contribution < -0.4 is 10.1 Å². The summed E-state index contributed by atoms with van der Waals surface area (Å²) in [7, 11) is 1.63. The maximum atomic E-state index is 13.0. The van der Waals surface area contributed by atoms with Crippen molar-refractivity contribution in [3.05, 3.63) is 54.4 Å². The van der Waals surface area contributed by atoms with Gasteiger partial charge in [0.1, 0.15) is 11.6 Å². The molecule has 3 aromatic rings. The number of para-hydroxylation sites is 2. The molecule has 0 saturated carbocycles. The van der Waals surface area contributed by atoms with E-state index in [2.05, 4.69) is 29.8 Å². The lowest BCUT2D eigenvalue weighted by molar-refractivity contribution is 0.203. The Hall–Kier alpha value is -3.02. The summed E-state index contributed by atoms with van der Waals surface area (Å²) in [4.78, 5) is 19.8. The van der Waals surface area contributed by atoms with Gasteiger partial charge in [0.15, 0.2) is 0 Å². The largest absolute Gasteiger partial charge is 0.497 e. The molecule has 2 heterocycles. The van der Waals surface area contributed by atoms with Crippen LogP contribution in [0.2, 0.25) is 0 Å². The Kier molecular flexibility index (Phi) is 4.94. The molecule has 1 aliphatic rings. The first-order valence-electron chi connectivity index (χ1n) is 9.77. The van der Waals surface area contributed by atoms with E-state index in [0.29, 0.717) is 0 Å². The number of aromatic nitrogens is 2. The van der Waals surface area contributed by atoms with Crippen LogP contribution in [0.15, 0.2) is 48.5 Å². The Labute approximate surface area is 165 Å². The van der Waals surface area contributed by atoms with Crippen LogP contribution in [0.4, 0.5) is 10.5 Å². The Morgan fingerprint density at radius 3 is 2.64 bits per heavy atom. The number of hydrogen-bond donors (Lipinski definition) is 1. The summed E-state index contributed by atoms with van der Waals surface area (Å²) in [6.07, 6.45) is 1.90. The van der Waals surface area contributed by atoms with Crippen LogP contribution in [0.3, 0.4) is 0 Å². The van der Waals surface area contributed by atoms with Crippen LogP contribution >= 0.6 is 0 Å². The number of carbonyl (C=O) groups is 1. The van der Waals surface area contributed by atoms with E-state index in [1.165, 1.54) is 0 Å². The molecule has 0 radical (unpaired) electrons. The van der Waals surface area contributed by atoms with Crippen molar-refractivity contribution in [2.45, 2.75) is 38.8 Å². The van der Waals surface area contributed by atoms with Gasteiger partial charge in [-0.25, -0.2) is 9.78 Å². The Morgan fingerprint density at radius 1 is 1.18 bits per heavy atom. The van der Waals surface area contributed by atoms with Gasteiger partial charge in [-0.1, -0.05) is 12.1 Å². The molecule has 6 heteroatoms. The standard InChI is InChI=1S/C22H26N4O2/c1-15(2)26-19-8-5-4-7-18(19)24-21(26)20-9-6-14-25(20)22(27)23-16-10-12-17(28-3)13-11-16/h4-5,7-8,10-13,15,20H,6,9,14H2,1-3H3,(H,23,27)/t20-/m0/s1. The maximum absolute atomic E-state index is 13.0. The van der Waals surface area contributed by atoms with E-state index in [1.807, 2.05) is 47.4 Å². The topological polar surface area (TPSA) is 59.4 Å². The number of urea groups is 1. The van der Waals surface area contributed by atoms with Gasteiger partial charge in [0, 0.05) is 18.3 Å². The first-order valence-corrected chi connectivity index (χ1v) is 9.77. The summed E-state index contributed by atoms with van der Waals surface area (Å²) in [6.45, 7) is 5.05. The molecule has 1 aliphatic heterocycles. The number of likely N-dealkylation sites (tertiary alicyclic amines) is 1. The summed E-state index contributed by atoms with van der Waals surface area (Å²) in [5.41, 5.74) is 2.86. The number of amides is 2. The number of rotatable bonds is 4. The van der Waals surface area contributed by atoms with Gasteiger partial charge in [-0.05, 0) is 63.1 Å². The second-order valence-corrected chi connectivity index (χ2v) is 7.43. The number of ether oxygens (including phenoxy) is 1. The average Bonchev–Trinajstić information content (AvgIpc) is 3.33. The highest BCUT2D eigenvalue weighted by Gasteiger charge is 2.34. The second kappa shape index (κ2) is 7.54. The molecule has 1 fully saturated rings. The number of imidazole rings is 1. The number of fused-ring (bicyclic) bond motifs is 1. The van der Waals surface area contributed by atoms with Crippen molar-refractivity contribution >= 4 is 22.8 Å². The number of nitrogens with one attached hydrogen (secondary N) is 1. The maximum Gasteiger partial charge on any atom is 0.322 e. The predicted octanol–water partition coefficient (Wildman–Crippen LogP) is 4.99. The third-order valence-electron chi connectivity index (χ3n) is 5.29. The monoisotopic (exact) mass is 378 g/mol. The minimum absolute atomic E-state index is 0.0203. The van der Waals surface area contributed by atoms with Crippen molar-refractivity contribution in [3.63, 3.8) is 0 Å². The smallest absolute Gasteiger partial charge is 0.322 e. The van der Waals surface area contributed by atoms with Gasteiger partial charge in [0.2, 0.25) is 0 Å². The molecule has 0 spiro atoms. The quantitative estimate of drug-likeness (QED) is 0.695. The van der Waals surface area contributed by atoms with E-state index in [0.717, 1.165) is 47.7 Å². The molecule has 0 bridgehead atoms. The number of hydrogen-bond acceptors (Lipinski definition) is 3. The fourth-order valence-corrected chi connectivity index (χ4v) is 3.99. The Bertz CT molecular complexity index is 978. The van der Waals surface area contributed by atoms with Gasteiger partial charge in [0.05, 0.1) is 24.2 Å². The van der Waals surface area contributed by atoms with Crippen molar-refractivity contribution in [2.75, 3.05) is 19.0 Å². The Balaban J connectivity index is 1.62. The first-order chi connectivity index (χ1) is 13.6. The van der Waals surface area contributed by atoms with Crippen molar-refractivity contribution in [1.82, 2.24) is 14.5 Å². The van der Waals surface area contributed by atoms with E-state index in [9.17, 15) is 4.79 Å². The molecule has 1 N–H and O–H groups in total. The fourth-order valence-electron chi connectivity index (χ4n) is 3.99. The summed E-state index contributed by atoms with van der Waals surface area (Å²) in [6, 6.07) is 15.7. The Morgan fingerprint density at radius 2 is 1.93 bits per heavy atom. The summed E-state index contributed by atoms with van der Waals surface area (Å²) < 4.78 is 7.44. The highest BCUT2D eigenvalue weighted by atomic mass is 16.5. The minimum atomic E-state index is -0.0879. The van der Waals surface area contributed by atoms with Gasteiger partial charge >= 0.3 is 6.03 Å². The molecule has 1 atom stereocenters. The van der Waals surface area contributed by atoms with Gasteiger partial charge in [0.25, 0.3) is 0 Å². The zero-order chi connectivity index (χ0) is 19.7. The zero-order valence-corrected chi connectivity index (χ0v) is 16.6. The molecule has 0 aliphatic carbocycles. The van der Waals surface area contributed by atoms with E-state index < -0.39 is 0 Å².